The molecule has 0 fully saturated rings. The quantitative estimate of drug-likeness (QED) is 0.390. The van der Waals surface area contributed by atoms with Gasteiger partial charge < -0.3 is 9.47 Å². The van der Waals surface area contributed by atoms with Crippen LogP contribution in [0.25, 0.3) is 0 Å². The zero-order valence-electron chi connectivity index (χ0n) is 9.75. The van der Waals surface area contributed by atoms with E-state index in [-0.39, 0.29) is 51.4 Å². The number of rotatable bonds is 4. The molecule has 0 unspecified atom stereocenters. The van der Waals surface area contributed by atoms with E-state index in [1.807, 2.05) is 0 Å². The topological polar surface area (TPSA) is 85.2 Å². The Morgan fingerprint density at radius 1 is 1.24 bits per heavy atom. The summed E-state index contributed by atoms with van der Waals surface area (Å²) in [4.78, 5) is 0. The van der Waals surface area contributed by atoms with Crippen molar-refractivity contribution >= 4 is 16.5 Å². The summed E-state index contributed by atoms with van der Waals surface area (Å²) in [6.07, 6.45) is 1.01. The third-order valence-electron chi connectivity index (χ3n) is 1.74. The van der Waals surface area contributed by atoms with Gasteiger partial charge >= 0.3 is 61.7 Å². The first-order valence-corrected chi connectivity index (χ1v) is 5.61. The third kappa shape index (κ3) is 5.95. The van der Waals surface area contributed by atoms with Crippen molar-refractivity contribution in [2.24, 2.45) is 4.40 Å². The van der Waals surface area contributed by atoms with Crippen LogP contribution in [0.3, 0.4) is 0 Å². The van der Waals surface area contributed by atoms with Crippen molar-refractivity contribution in [3.05, 3.63) is 23.8 Å². The van der Waals surface area contributed by atoms with Gasteiger partial charge in [0.15, 0.2) is 11.5 Å². The van der Waals surface area contributed by atoms with Gasteiger partial charge in [-0.15, -0.1) is 4.40 Å². The molecule has 1 aromatic rings. The molecule has 0 bridgehead atoms. The molecular weight excluding hydrogens is 273 g/mol. The van der Waals surface area contributed by atoms with Crippen LogP contribution < -0.4 is 60.9 Å². The Morgan fingerprint density at radius 3 is 2.29 bits per heavy atom. The van der Waals surface area contributed by atoms with E-state index in [2.05, 4.69) is 4.40 Å². The maximum absolute atomic E-state index is 10.4. The Morgan fingerprint density at radius 2 is 1.82 bits per heavy atom. The van der Waals surface area contributed by atoms with Crippen LogP contribution in [0.5, 0.6) is 11.5 Å². The van der Waals surface area contributed by atoms with Crippen molar-refractivity contribution in [3.63, 3.8) is 0 Å². The molecule has 1 rings (SSSR count). The first kappa shape index (κ1) is 17.0. The van der Waals surface area contributed by atoms with Gasteiger partial charge in [0, 0.05) is 6.21 Å². The minimum absolute atomic E-state index is 0. The average Bonchev–Trinajstić information content (AvgIpc) is 2.25. The zero-order valence-corrected chi connectivity index (χ0v) is 13.7. The summed E-state index contributed by atoms with van der Waals surface area (Å²) in [5, 5.41) is 0. The van der Waals surface area contributed by atoms with Crippen molar-refractivity contribution in [3.8, 4) is 11.5 Å². The monoisotopic (exact) mass is 284 g/mol. The molecule has 0 atom stereocenters. The van der Waals surface area contributed by atoms with Crippen molar-refractivity contribution in [1.82, 2.24) is 0 Å². The molecule has 0 aliphatic heterocycles. The van der Waals surface area contributed by atoms with Crippen LogP contribution >= 0.6 is 0 Å². The van der Waals surface area contributed by atoms with Gasteiger partial charge in [0.1, 0.15) is 0 Å². The summed E-state index contributed by atoms with van der Waals surface area (Å²) in [6, 6.07) is 4.72. The van der Waals surface area contributed by atoms with Gasteiger partial charge in [-0.05, 0) is 23.8 Å². The summed E-state index contributed by atoms with van der Waals surface area (Å²) in [5.74, 6) is 0.966. The van der Waals surface area contributed by atoms with Gasteiger partial charge in [0.05, 0.1) is 14.2 Å². The van der Waals surface area contributed by atoms with Crippen molar-refractivity contribution in [2.75, 3.05) is 14.2 Å². The number of methoxy groups -OCH3 is 2. The van der Waals surface area contributed by atoms with Gasteiger partial charge in [-0.25, -0.2) is 0 Å². The first-order valence-electron chi connectivity index (χ1n) is 4.21. The molecule has 0 aromatic heterocycles. The number of nitrogens with zero attached hydrogens (tertiary/aromatic N) is 1. The SMILES string of the molecule is COc1ccc(/C=N/S(=O)(=O)O)cc1OC.[K+]. The fourth-order valence-electron chi connectivity index (χ4n) is 1.06. The van der Waals surface area contributed by atoms with Crippen LogP contribution in [-0.4, -0.2) is 33.4 Å². The van der Waals surface area contributed by atoms with E-state index in [0.29, 0.717) is 17.1 Å². The van der Waals surface area contributed by atoms with Crippen molar-refractivity contribution in [1.29, 1.82) is 0 Å². The molecule has 8 heteroatoms. The van der Waals surface area contributed by atoms with E-state index in [0.717, 1.165) is 6.21 Å². The molecule has 0 radical (unpaired) electrons. The molecule has 0 saturated heterocycles. The van der Waals surface area contributed by atoms with Gasteiger partial charge in [0.25, 0.3) is 0 Å². The van der Waals surface area contributed by atoms with E-state index < -0.39 is 10.3 Å². The van der Waals surface area contributed by atoms with E-state index in [4.69, 9.17) is 14.0 Å². The van der Waals surface area contributed by atoms with Crippen LogP contribution in [0, 0.1) is 0 Å². The molecule has 0 aliphatic rings. The largest absolute Gasteiger partial charge is 1.00 e. The van der Waals surface area contributed by atoms with Crippen molar-refractivity contribution < 1.29 is 73.8 Å². The first-order chi connectivity index (χ1) is 7.46. The van der Waals surface area contributed by atoms with Crippen molar-refractivity contribution in [2.45, 2.75) is 0 Å². The van der Waals surface area contributed by atoms with E-state index in [1.165, 1.54) is 20.3 Å². The molecule has 1 N–H and O–H groups in total. The minimum Gasteiger partial charge on any atom is -0.493 e. The van der Waals surface area contributed by atoms with Gasteiger partial charge in [-0.1, -0.05) is 0 Å². The maximum Gasteiger partial charge on any atom is 1.00 e. The second-order valence-corrected chi connectivity index (χ2v) is 3.90. The molecule has 0 aliphatic carbocycles. The van der Waals surface area contributed by atoms with Crippen LogP contribution in [0.1, 0.15) is 5.56 Å². The number of ether oxygens (including phenoxy) is 2. The molecule has 1 aromatic carbocycles. The van der Waals surface area contributed by atoms with E-state index in [1.54, 1.807) is 12.1 Å². The molecule has 6 nitrogen and oxygen atoms in total. The Bertz CT molecular complexity index is 500. The summed E-state index contributed by atoms with van der Waals surface area (Å²) in [6.45, 7) is 0. The summed E-state index contributed by atoms with van der Waals surface area (Å²) in [5.41, 5.74) is 0.468. The normalized spacial score (nSPS) is 11.0. The summed E-state index contributed by atoms with van der Waals surface area (Å²) in [7, 11) is -1.41. The van der Waals surface area contributed by atoms with E-state index in [9.17, 15) is 8.42 Å². The molecule has 0 heterocycles. The predicted octanol–water partition coefficient (Wildman–Crippen LogP) is -2.07. The van der Waals surface area contributed by atoms with Crippen LogP contribution in [-0.2, 0) is 10.3 Å². The van der Waals surface area contributed by atoms with E-state index >= 15 is 0 Å². The number of hydrogen-bond acceptors (Lipinski definition) is 4. The second kappa shape index (κ2) is 7.47. The number of benzene rings is 1. The Labute approximate surface area is 142 Å². The molecule has 17 heavy (non-hydrogen) atoms. The smallest absolute Gasteiger partial charge is 0.493 e. The van der Waals surface area contributed by atoms with Gasteiger partial charge in [0.2, 0.25) is 0 Å². The predicted molar refractivity (Wildman–Crippen MR) is 58.7 cm³/mol. The molecular formula is C9H11KNO5S+. The van der Waals surface area contributed by atoms with Crippen LogP contribution in [0.4, 0.5) is 0 Å². The fourth-order valence-corrected chi connectivity index (χ4v) is 1.32. The standard InChI is InChI=1S/C9H11NO5S.K/c1-14-8-4-3-7(5-9(8)15-2)6-10-16(11,12)13;/h3-6H,1-2H3,(H,11,12,13);/q;+1/b10-6+;. The Hall–Kier alpha value is 0.0364. The Kier molecular flexibility index (Phi) is 7.48. The summed E-state index contributed by atoms with van der Waals surface area (Å²) < 4.78 is 42.2. The van der Waals surface area contributed by atoms with Crippen LogP contribution in [0.15, 0.2) is 22.6 Å². The van der Waals surface area contributed by atoms with Gasteiger partial charge in [-0.3, -0.25) is 4.55 Å². The third-order valence-corrected chi connectivity index (χ3v) is 2.11. The Balaban J connectivity index is 0.00000256. The molecule has 88 valence electrons. The average molecular weight is 284 g/mol. The fraction of sp³-hybridized carbons (Fsp3) is 0.222. The maximum atomic E-state index is 10.4. The van der Waals surface area contributed by atoms with Gasteiger partial charge in [-0.2, -0.15) is 8.42 Å². The number of hydrogen-bond donors (Lipinski definition) is 1. The second-order valence-electron chi connectivity index (χ2n) is 2.80. The zero-order chi connectivity index (χ0) is 12.2. The van der Waals surface area contributed by atoms with Crippen LogP contribution in [0.2, 0.25) is 0 Å². The molecule has 0 saturated carbocycles. The molecule has 0 spiro atoms. The minimum atomic E-state index is -4.36. The summed E-state index contributed by atoms with van der Waals surface area (Å²) >= 11 is 0. The molecule has 0 amide bonds.